The van der Waals surface area contributed by atoms with E-state index in [9.17, 15) is 13.2 Å². The normalized spacial score (nSPS) is 11.3. The highest BCUT2D eigenvalue weighted by Gasteiger charge is 2.12. The Bertz CT molecular complexity index is 788. The highest BCUT2D eigenvalue weighted by atomic mass is 35.5. The number of halogens is 1. The maximum absolute atomic E-state index is 11.4. The summed E-state index contributed by atoms with van der Waals surface area (Å²) in [4.78, 5) is 16.0. The first-order chi connectivity index (χ1) is 9.77. The first-order valence-electron chi connectivity index (χ1n) is 5.64. The molecule has 5 nitrogen and oxygen atoms in total. The lowest BCUT2D eigenvalue weighted by atomic mass is 10.3. The average Bonchev–Trinajstić information content (AvgIpc) is 2.40. The van der Waals surface area contributed by atoms with Gasteiger partial charge >= 0.3 is 5.97 Å². The molecule has 0 radical (unpaired) electrons. The van der Waals surface area contributed by atoms with Crippen molar-refractivity contribution in [2.75, 3.05) is 6.26 Å². The smallest absolute Gasteiger partial charge is 0.337 e. The monoisotopic (exact) mass is 343 g/mol. The number of aromatic carboxylic acids is 1. The van der Waals surface area contributed by atoms with E-state index >= 15 is 0 Å². The second-order valence-electron chi connectivity index (χ2n) is 4.15. The van der Waals surface area contributed by atoms with Crippen LogP contribution in [0.3, 0.4) is 0 Å². The van der Waals surface area contributed by atoms with Gasteiger partial charge in [-0.1, -0.05) is 23.4 Å². The summed E-state index contributed by atoms with van der Waals surface area (Å²) in [6, 6.07) is 7.63. The van der Waals surface area contributed by atoms with Crippen molar-refractivity contribution in [2.24, 2.45) is 0 Å². The fourth-order valence-electron chi connectivity index (χ4n) is 1.51. The molecule has 0 atom stereocenters. The summed E-state index contributed by atoms with van der Waals surface area (Å²) >= 11 is 6.97. The van der Waals surface area contributed by atoms with Crippen LogP contribution in [0.5, 0.6) is 0 Å². The molecule has 0 aliphatic rings. The predicted octanol–water partition coefficient (Wildman–Crippen LogP) is 2.99. The predicted molar refractivity (Wildman–Crippen MR) is 79.9 cm³/mol. The van der Waals surface area contributed by atoms with E-state index in [1.807, 2.05) is 0 Å². The van der Waals surface area contributed by atoms with Crippen molar-refractivity contribution in [3.05, 3.63) is 47.1 Å². The van der Waals surface area contributed by atoms with E-state index in [1.54, 1.807) is 12.1 Å². The fourth-order valence-corrected chi connectivity index (χ4v) is 3.13. The van der Waals surface area contributed by atoms with Gasteiger partial charge in [0.05, 0.1) is 15.5 Å². The Morgan fingerprint density at radius 1 is 1.29 bits per heavy atom. The molecule has 0 saturated carbocycles. The zero-order valence-electron chi connectivity index (χ0n) is 10.8. The Labute approximate surface area is 130 Å². The topological polar surface area (TPSA) is 84.3 Å². The molecule has 0 amide bonds. The first-order valence-corrected chi connectivity index (χ1v) is 8.73. The molecule has 0 spiro atoms. The van der Waals surface area contributed by atoms with E-state index in [1.165, 1.54) is 36.2 Å². The van der Waals surface area contributed by atoms with Crippen molar-refractivity contribution in [1.29, 1.82) is 0 Å². The number of carboxylic acid groups (broad SMARTS) is 1. The average molecular weight is 344 g/mol. The first kappa shape index (κ1) is 15.8. The van der Waals surface area contributed by atoms with Crippen LogP contribution in [0.4, 0.5) is 0 Å². The number of hydrogen-bond donors (Lipinski definition) is 1. The largest absolute Gasteiger partial charge is 0.478 e. The lowest BCUT2D eigenvalue weighted by molar-refractivity contribution is 0.0696. The number of rotatable bonds is 4. The molecular weight excluding hydrogens is 334 g/mol. The third-order valence-electron chi connectivity index (χ3n) is 2.53. The molecular formula is C13H10ClNO4S2. The van der Waals surface area contributed by atoms with Gasteiger partial charge in [-0.2, -0.15) is 0 Å². The molecule has 0 aliphatic heterocycles. The van der Waals surface area contributed by atoms with Crippen molar-refractivity contribution in [3.63, 3.8) is 0 Å². The molecule has 21 heavy (non-hydrogen) atoms. The van der Waals surface area contributed by atoms with E-state index in [0.717, 1.165) is 11.2 Å². The summed E-state index contributed by atoms with van der Waals surface area (Å²) in [5, 5.41) is 9.52. The number of benzene rings is 1. The van der Waals surface area contributed by atoms with Gasteiger partial charge in [0.15, 0.2) is 9.84 Å². The van der Waals surface area contributed by atoms with Crippen LogP contribution in [0.15, 0.2) is 51.3 Å². The van der Waals surface area contributed by atoms with Crippen LogP contribution in [0.1, 0.15) is 10.4 Å². The fraction of sp³-hybridized carbons (Fsp3) is 0.0769. The molecule has 0 unspecified atom stereocenters. The summed E-state index contributed by atoms with van der Waals surface area (Å²) in [5.41, 5.74) is -0.0260. The highest BCUT2D eigenvalue weighted by Crippen LogP contribution is 2.29. The minimum absolute atomic E-state index is 0.0260. The van der Waals surface area contributed by atoms with Gasteiger partial charge in [0, 0.05) is 17.3 Å². The summed E-state index contributed by atoms with van der Waals surface area (Å²) in [6.45, 7) is 0. The second-order valence-corrected chi connectivity index (χ2v) is 7.67. The van der Waals surface area contributed by atoms with Crippen molar-refractivity contribution in [3.8, 4) is 0 Å². The van der Waals surface area contributed by atoms with Gasteiger partial charge in [0.25, 0.3) is 0 Å². The highest BCUT2D eigenvalue weighted by molar-refractivity contribution is 7.99. The number of nitrogens with zero attached hydrogens (tertiary/aromatic N) is 1. The third-order valence-corrected chi connectivity index (χ3v) is 4.90. The minimum atomic E-state index is -3.24. The Balaban J connectivity index is 2.26. The molecule has 1 aromatic heterocycles. The van der Waals surface area contributed by atoms with Crippen LogP contribution in [0.2, 0.25) is 5.02 Å². The summed E-state index contributed by atoms with van der Waals surface area (Å²) in [6.07, 6.45) is 2.41. The number of sulfone groups is 1. The SMILES string of the molecule is CS(=O)(=O)c1ccc(Sc2cc(C(=O)O)c(Cl)cn2)cc1. The van der Waals surface area contributed by atoms with E-state index in [2.05, 4.69) is 4.98 Å². The number of carbonyl (C=O) groups is 1. The molecule has 0 bridgehead atoms. The van der Waals surface area contributed by atoms with Gasteiger partial charge in [0.1, 0.15) is 5.03 Å². The van der Waals surface area contributed by atoms with E-state index < -0.39 is 15.8 Å². The zero-order chi connectivity index (χ0) is 15.6. The van der Waals surface area contributed by atoms with E-state index in [4.69, 9.17) is 16.7 Å². The lowest BCUT2D eigenvalue weighted by Gasteiger charge is -2.04. The standard InChI is InChI=1S/C13H10ClNO4S2/c1-21(18,19)9-4-2-8(3-5-9)20-12-6-10(13(16)17)11(14)7-15-12/h2-7H,1H3,(H,16,17). The summed E-state index contributed by atoms with van der Waals surface area (Å²) in [5.74, 6) is -1.13. The van der Waals surface area contributed by atoms with E-state index in [0.29, 0.717) is 5.03 Å². The van der Waals surface area contributed by atoms with Crippen molar-refractivity contribution < 1.29 is 18.3 Å². The molecule has 2 aromatic rings. The van der Waals surface area contributed by atoms with Gasteiger partial charge in [-0.15, -0.1) is 0 Å². The molecule has 2 rings (SSSR count). The number of pyridine rings is 1. The maximum Gasteiger partial charge on any atom is 0.337 e. The Kier molecular flexibility index (Phi) is 4.55. The van der Waals surface area contributed by atoms with Gasteiger partial charge in [0.2, 0.25) is 0 Å². The molecule has 0 aliphatic carbocycles. The lowest BCUT2D eigenvalue weighted by Crippen LogP contribution is -1.98. The number of hydrogen-bond acceptors (Lipinski definition) is 5. The molecule has 1 heterocycles. The van der Waals surface area contributed by atoms with Gasteiger partial charge in [-0.3, -0.25) is 0 Å². The number of carboxylic acids is 1. The van der Waals surface area contributed by atoms with Crippen LogP contribution >= 0.6 is 23.4 Å². The van der Waals surface area contributed by atoms with Crippen LogP contribution < -0.4 is 0 Å². The van der Waals surface area contributed by atoms with Crippen molar-refractivity contribution in [2.45, 2.75) is 14.8 Å². The van der Waals surface area contributed by atoms with E-state index in [-0.39, 0.29) is 15.5 Å². The van der Waals surface area contributed by atoms with Crippen molar-refractivity contribution >= 4 is 39.2 Å². The maximum atomic E-state index is 11.4. The molecule has 1 N–H and O–H groups in total. The zero-order valence-corrected chi connectivity index (χ0v) is 13.2. The quantitative estimate of drug-likeness (QED) is 0.918. The van der Waals surface area contributed by atoms with Crippen LogP contribution in [-0.4, -0.2) is 30.7 Å². The van der Waals surface area contributed by atoms with Crippen LogP contribution in [0.25, 0.3) is 0 Å². The minimum Gasteiger partial charge on any atom is -0.478 e. The molecule has 1 aromatic carbocycles. The Morgan fingerprint density at radius 2 is 1.90 bits per heavy atom. The van der Waals surface area contributed by atoms with Crippen molar-refractivity contribution in [1.82, 2.24) is 4.98 Å². The van der Waals surface area contributed by atoms with Gasteiger partial charge < -0.3 is 5.11 Å². The Morgan fingerprint density at radius 3 is 2.43 bits per heavy atom. The number of aromatic nitrogens is 1. The third kappa shape index (κ3) is 3.96. The summed E-state index contributed by atoms with van der Waals surface area (Å²) < 4.78 is 22.7. The molecule has 0 saturated heterocycles. The Hall–Kier alpha value is -1.57. The molecule has 8 heteroatoms. The van der Waals surface area contributed by atoms with Crippen LogP contribution in [0, 0.1) is 0 Å². The summed E-state index contributed by atoms with van der Waals surface area (Å²) in [7, 11) is -3.24. The molecule has 0 fully saturated rings. The van der Waals surface area contributed by atoms with Gasteiger partial charge in [-0.25, -0.2) is 18.2 Å². The van der Waals surface area contributed by atoms with Gasteiger partial charge in [-0.05, 0) is 30.3 Å². The second kappa shape index (κ2) is 6.05. The molecule has 110 valence electrons. The van der Waals surface area contributed by atoms with Crippen LogP contribution in [-0.2, 0) is 9.84 Å².